The molecule has 3 rings (SSSR count). The first-order chi connectivity index (χ1) is 18.1. The molecule has 0 radical (unpaired) electrons. The lowest BCUT2D eigenvalue weighted by Crippen LogP contribution is -2.39. The molecule has 0 saturated heterocycles. The van der Waals surface area contributed by atoms with Gasteiger partial charge in [-0.15, -0.1) is 13.2 Å². The number of benzene rings is 2. The first-order valence-corrected chi connectivity index (χ1v) is 12.5. The van der Waals surface area contributed by atoms with E-state index in [1.165, 1.54) is 12.1 Å². The Labute approximate surface area is 219 Å². The minimum atomic E-state index is -4.80. The lowest BCUT2D eigenvalue weighted by molar-refractivity contribution is -0.274. The zero-order chi connectivity index (χ0) is 27.5. The number of hydrogen-bond donors (Lipinski definition) is 1. The molecule has 0 aliphatic heterocycles. The maximum absolute atomic E-state index is 12.9. The zero-order valence-corrected chi connectivity index (χ0v) is 21.1. The van der Waals surface area contributed by atoms with Crippen LogP contribution in [0, 0.1) is 5.92 Å². The highest BCUT2D eigenvalue weighted by atomic mass is 19.4. The van der Waals surface area contributed by atoms with Crippen LogP contribution in [0.1, 0.15) is 38.2 Å². The number of ether oxygens (including phenoxy) is 4. The average molecular weight is 540 g/mol. The minimum Gasteiger partial charge on any atom is -0.492 e. The van der Waals surface area contributed by atoms with Crippen molar-refractivity contribution in [3.05, 3.63) is 54.1 Å². The third-order valence-electron chi connectivity index (χ3n) is 6.09. The van der Waals surface area contributed by atoms with Gasteiger partial charge in [-0.2, -0.15) is 0 Å². The molecule has 1 N–H and O–H groups in total. The van der Waals surface area contributed by atoms with Crippen LogP contribution < -0.4 is 14.2 Å². The average Bonchev–Trinajstić information content (AvgIpc) is 3.37. The Morgan fingerprint density at radius 1 is 1.00 bits per heavy atom. The first kappa shape index (κ1) is 29.1. The number of alkyl halides is 3. The summed E-state index contributed by atoms with van der Waals surface area (Å²) >= 11 is 0. The Bertz CT molecular complexity index is 1020. The van der Waals surface area contributed by atoms with Crippen molar-refractivity contribution < 1.29 is 46.8 Å². The van der Waals surface area contributed by atoms with Crippen molar-refractivity contribution in [2.24, 2.45) is 5.92 Å². The summed E-state index contributed by atoms with van der Waals surface area (Å²) in [5, 5.41) is 9.24. The van der Waals surface area contributed by atoms with Crippen LogP contribution in [0.3, 0.4) is 0 Å². The van der Waals surface area contributed by atoms with Gasteiger partial charge in [0.05, 0.1) is 6.54 Å². The van der Waals surface area contributed by atoms with Crippen molar-refractivity contribution in [3.8, 4) is 17.2 Å². The molecule has 1 fully saturated rings. The predicted octanol–water partition coefficient (Wildman–Crippen LogP) is 5.69. The molecule has 11 heteroatoms. The number of carbonyl (C=O) groups excluding carboxylic acids is 1. The minimum absolute atomic E-state index is 0.101. The fraction of sp³-hybridized carbons (Fsp3) is 0.481. The molecule has 8 nitrogen and oxygen atoms in total. The van der Waals surface area contributed by atoms with E-state index < -0.39 is 30.3 Å². The van der Waals surface area contributed by atoms with Crippen LogP contribution in [0.15, 0.2) is 48.5 Å². The van der Waals surface area contributed by atoms with E-state index in [0.29, 0.717) is 24.8 Å². The highest BCUT2D eigenvalue weighted by molar-refractivity contribution is 5.72. The molecular weight excluding hydrogens is 507 g/mol. The molecular formula is C27H32F3NO7. The molecule has 0 heterocycles. The van der Waals surface area contributed by atoms with E-state index in [-0.39, 0.29) is 25.3 Å². The van der Waals surface area contributed by atoms with E-state index in [4.69, 9.17) is 14.2 Å². The topological polar surface area (TPSA) is 94.5 Å². The molecule has 2 aromatic carbocycles. The van der Waals surface area contributed by atoms with Crippen molar-refractivity contribution in [3.63, 3.8) is 0 Å². The zero-order valence-electron chi connectivity index (χ0n) is 21.1. The van der Waals surface area contributed by atoms with Gasteiger partial charge in [-0.3, -0.25) is 0 Å². The number of rotatable bonds is 13. The standard InChI is InChI=1S/C27H32F3NO7/c1-2-35-24(25(32)33)17-19-7-9-21(10-8-19)36-16-15-31(18-20-5-3-4-6-20)26(34)37-22-11-13-23(14-12-22)38-27(28,29)30/h7-14,20,24H,2-6,15-18H2,1H3,(H,32,33). The van der Waals surface area contributed by atoms with Crippen molar-refractivity contribution in [1.82, 2.24) is 4.90 Å². The maximum Gasteiger partial charge on any atom is 0.573 e. The maximum atomic E-state index is 12.9. The SMILES string of the molecule is CCOC(Cc1ccc(OCCN(CC2CCCC2)C(=O)Oc2ccc(OC(F)(F)F)cc2)cc1)C(=O)O. The Hall–Kier alpha value is -3.47. The number of nitrogens with zero attached hydrogens (tertiary/aromatic N) is 1. The lowest BCUT2D eigenvalue weighted by Gasteiger charge is -2.25. The second-order valence-electron chi connectivity index (χ2n) is 8.96. The molecule has 1 unspecified atom stereocenters. The van der Waals surface area contributed by atoms with E-state index in [1.54, 1.807) is 36.1 Å². The largest absolute Gasteiger partial charge is 0.573 e. The van der Waals surface area contributed by atoms with Crippen LogP contribution in [0.2, 0.25) is 0 Å². The highest BCUT2D eigenvalue weighted by Crippen LogP contribution is 2.27. The Morgan fingerprint density at radius 2 is 1.61 bits per heavy atom. The van der Waals surface area contributed by atoms with Crippen molar-refractivity contribution in [2.45, 2.75) is 51.5 Å². The molecule has 1 aliphatic rings. The number of aliphatic carboxylic acids is 1. The Balaban J connectivity index is 1.55. The van der Waals surface area contributed by atoms with Crippen LogP contribution in [-0.2, 0) is 16.0 Å². The van der Waals surface area contributed by atoms with Gasteiger partial charge in [0.15, 0.2) is 6.10 Å². The molecule has 1 atom stereocenters. The van der Waals surface area contributed by atoms with Gasteiger partial charge in [0.25, 0.3) is 0 Å². The summed E-state index contributed by atoms with van der Waals surface area (Å²) in [4.78, 5) is 25.7. The van der Waals surface area contributed by atoms with Crippen LogP contribution in [-0.4, -0.2) is 60.8 Å². The van der Waals surface area contributed by atoms with Gasteiger partial charge in [-0.05, 0) is 67.6 Å². The van der Waals surface area contributed by atoms with Gasteiger partial charge in [-0.1, -0.05) is 25.0 Å². The third-order valence-corrected chi connectivity index (χ3v) is 6.09. The highest BCUT2D eigenvalue weighted by Gasteiger charge is 2.31. The molecule has 0 spiro atoms. The Morgan fingerprint density at radius 3 is 2.18 bits per heavy atom. The molecule has 2 aromatic rings. The van der Waals surface area contributed by atoms with Crippen molar-refractivity contribution >= 4 is 12.1 Å². The van der Waals surface area contributed by atoms with Gasteiger partial charge < -0.3 is 29.0 Å². The molecule has 0 bridgehead atoms. The van der Waals surface area contributed by atoms with Crippen molar-refractivity contribution in [1.29, 1.82) is 0 Å². The number of carboxylic acids is 1. The number of halogens is 3. The molecule has 1 aliphatic carbocycles. The van der Waals surface area contributed by atoms with E-state index in [9.17, 15) is 27.9 Å². The van der Waals surface area contributed by atoms with Crippen LogP contribution in [0.5, 0.6) is 17.2 Å². The second kappa shape index (κ2) is 13.9. The van der Waals surface area contributed by atoms with Gasteiger partial charge in [0, 0.05) is 19.6 Å². The smallest absolute Gasteiger partial charge is 0.492 e. The number of hydrogen-bond acceptors (Lipinski definition) is 6. The molecule has 0 aromatic heterocycles. The van der Waals surface area contributed by atoms with Crippen LogP contribution in [0.4, 0.5) is 18.0 Å². The van der Waals surface area contributed by atoms with Gasteiger partial charge >= 0.3 is 18.4 Å². The molecule has 1 saturated carbocycles. The quantitative estimate of drug-likeness (QED) is 0.350. The lowest BCUT2D eigenvalue weighted by atomic mass is 10.1. The normalized spacial score (nSPS) is 14.6. The van der Waals surface area contributed by atoms with Crippen LogP contribution >= 0.6 is 0 Å². The first-order valence-electron chi connectivity index (χ1n) is 12.5. The second-order valence-corrected chi connectivity index (χ2v) is 8.96. The van der Waals surface area contributed by atoms with E-state index >= 15 is 0 Å². The van der Waals surface area contributed by atoms with Crippen LogP contribution in [0.25, 0.3) is 0 Å². The fourth-order valence-electron chi connectivity index (χ4n) is 4.26. The van der Waals surface area contributed by atoms with Crippen molar-refractivity contribution in [2.75, 3.05) is 26.3 Å². The van der Waals surface area contributed by atoms with Gasteiger partial charge in [0.2, 0.25) is 0 Å². The van der Waals surface area contributed by atoms with E-state index in [0.717, 1.165) is 43.4 Å². The number of carbonyl (C=O) groups is 2. The number of amides is 1. The van der Waals surface area contributed by atoms with E-state index in [2.05, 4.69) is 4.74 Å². The summed E-state index contributed by atoms with van der Waals surface area (Å²) in [5.41, 5.74) is 0.788. The summed E-state index contributed by atoms with van der Waals surface area (Å²) in [6, 6.07) is 11.6. The Kier molecular flexibility index (Phi) is 10.6. The fourth-order valence-corrected chi connectivity index (χ4v) is 4.26. The van der Waals surface area contributed by atoms with Gasteiger partial charge in [-0.25, -0.2) is 9.59 Å². The van der Waals surface area contributed by atoms with Gasteiger partial charge in [0.1, 0.15) is 23.9 Å². The molecule has 208 valence electrons. The summed E-state index contributed by atoms with van der Waals surface area (Å²) in [6.07, 6.45) is -1.89. The molecule has 38 heavy (non-hydrogen) atoms. The third kappa shape index (κ3) is 9.77. The monoisotopic (exact) mass is 539 g/mol. The van der Waals surface area contributed by atoms with E-state index in [1.807, 2.05) is 0 Å². The summed E-state index contributed by atoms with van der Waals surface area (Å²) in [7, 11) is 0. The number of carboxylic acid groups (broad SMARTS) is 1. The summed E-state index contributed by atoms with van der Waals surface area (Å²) < 4.78 is 57.4. The summed E-state index contributed by atoms with van der Waals surface area (Å²) in [6.45, 7) is 2.97. The molecule has 1 amide bonds. The predicted molar refractivity (Wildman–Crippen MR) is 131 cm³/mol. The summed E-state index contributed by atoms with van der Waals surface area (Å²) in [5.74, 6) is -0.421.